The molecule has 1 N–H and O–H groups in total. The first-order chi connectivity index (χ1) is 10.8. The van der Waals surface area contributed by atoms with E-state index in [1.807, 2.05) is 24.3 Å². The number of nitrogens with zero attached hydrogens (tertiary/aromatic N) is 5. The van der Waals surface area contributed by atoms with Gasteiger partial charge in [-0.15, -0.1) is 14.8 Å². The second-order valence-electron chi connectivity index (χ2n) is 5.61. The van der Waals surface area contributed by atoms with Crippen LogP contribution < -0.4 is 5.32 Å². The first-order valence-electron chi connectivity index (χ1n) is 7.37. The van der Waals surface area contributed by atoms with Gasteiger partial charge in [0.25, 0.3) is 0 Å². The van der Waals surface area contributed by atoms with Crippen LogP contribution in [0.4, 0.5) is 10.2 Å². The molecule has 1 saturated carbocycles. The second-order valence-corrected chi connectivity index (χ2v) is 5.61. The number of rotatable bonds is 4. The Labute approximate surface area is 126 Å². The highest BCUT2D eigenvalue weighted by Crippen LogP contribution is 2.39. The van der Waals surface area contributed by atoms with Crippen LogP contribution in [0, 0.1) is 11.7 Å². The lowest BCUT2D eigenvalue weighted by Crippen LogP contribution is -2.27. The zero-order valence-corrected chi connectivity index (χ0v) is 11.9. The normalized spacial score (nSPS) is 16.4. The number of benzene rings is 1. The Hall–Kier alpha value is -2.57. The van der Waals surface area contributed by atoms with Gasteiger partial charge < -0.3 is 5.32 Å². The molecule has 3 aromatic rings. The molecule has 6 nitrogen and oxygen atoms in total. The highest BCUT2D eigenvalue weighted by atomic mass is 19.1. The number of anilines is 1. The summed E-state index contributed by atoms with van der Waals surface area (Å²) in [6, 6.07) is 10.5. The smallest absolute Gasteiger partial charge is 0.200 e. The Bertz CT molecular complexity index is 780. The van der Waals surface area contributed by atoms with Crippen molar-refractivity contribution in [2.45, 2.75) is 25.3 Å². The van der Waals surface area contributed by atoms with Crippen molar-refractivity contribution in [3.63, 3.8) is 0 Å². The van der Waals surface area contributed by atoms with Crippen LogP contribution in [-0.2, 0) is 0 Å². The highest BCUT2D eigenvalue weighted by Gasteiger charge is 2.29. The zero-order chi connectivity index (χ0) is 14.9. The Balaban J connectivity index is 1.64. The summed E-state index contributed by atoms with van der Waals surface area (Å²) in [7, 11) is 0. The predicted molar refractivity (Wildman–Crippen MR) is 78.7 cm³/mol. The molecule has 22 heavy (non-hydrogen) atoms. The number of hydrogen-bond acceptors (Lipinski definition) is 5. The SMILES string of the molecule is Fc1ccc([C@H](Nc2ccc3nnnn3n2)C2CCC2)cc1. The Kier molecular flexibility index (Phi) is 3.17. The average molecular weight is 298 g/mol. The molecule has 2 aromatic heterocycles. The molecule has 1 fully saturated rings. The molecule has 2 heterocycles. The van der Waals surface area contributed by atoms with Gasteiger partial charge in [-0.25, -0.2) is 4.39 Å². The van der Waals surface area contributed by atoms with E-state index in [0.29, 0.717) is 17.4 Å². The molecule has 1 atom stereocenters. The van der Waals surface area contributed by atoms with Crippen LogP contribution in [0.5, 0.6) is 0 Å². The van der Waals surface area contributed by atoms with Gasteiger partial charge in [-0.2, -0.15) is 0 Å². The van der Waals surface area contributed by atoms with Gasteiger partial charge in [0.15, 0.2) is 5.65 Å². The van der Waals surface area contributed by atoms with E-state index in [9.17, 15) is 4.39 Å². The van der Waals surface area contributed by atoms with E-state index < -0.39 is 0 Å². The summed E-state index contributed by atoms with van der Waals surface area (Å²) >= 11 is 0. The van der Waals surface area contributed by atoms with Crippen molar-refractivity contribution in [3.8, 4) is 0 Å². The van der Waals surface area contributed by atoms with E-state index in [0.717, 1.165) is 5.56 Å². The summed E-state index contributed by atoms with van der Waals surface area (Å²) < 4.78 is 14.5. The molecule has 0 bridgehead atoms. The summed E-state index contributed by atoms with van der Waals surface area (Å²) in [5.41, 5.74) is 1.68. The number of tetrazole rings is 1. The lowest BCUT2D eigenvalue weighted by atomic mass is 9.77. The minimum Gasteiger partial charge on any atom is -0.361 e. The van der Waals surface area contributed by atoms with Gasteiger partial charge in [0.2, 0.25) is 0 Å². The quantitative estimate of drug-likeness (QED) is 0.802. The van der Waals surface area contributed by atoms with Gasteiger partial charge in [-0.05, 0) is 59.0 Å². The van der Waals surface area contributed by atoms with Crippen LogP contribution in [-0.4, -0.2) is 25.3 Å². The third-order valence-electron chi connectivity index (χ3n) is 4.22. The summed E-state index contributed by atoms with van der Waals surface area (Å²) in [6.07, 6.45) is 3.58. The maximum absolute atomic E-state index is 13.2. The molecular weight excluding hydrogens is 283 g/mol. The molecule has 1 aliphatic carbocycles. The van der Waals surface area contributed by atoms with Crippen molar-refractivity contribution in [2.24, 2.45) is 5.92 Å². The zero-order valence-electron chi connectivity index (χ0n) is 11.9. The van der Waals surface area contributed by atoms with E-state index in [2.05, 4.69) is 25.9 Å². The highest BCUT2D eigenvalue weighted by molar-refractivity contribution is 5.44. The average Bonchev–Trinajstić information content (AvgIpc) is 2.93. The topological polar surface area (TPSA) is 68.0 Å². The first kappa shape index (κ1) is 13.1. The van der Waals surface area contributed by atoms with E-state index in [1.54, 1.807) is 0 Å². The van der Waals surface area contributed by atoms with Crippen molar-refractivity contribution in [2.75, 3.05) is 5.32 Å². The number of fused-ring (bicyclic) bond motifs is 1. The van der Waals surface area contributed by atoms with Crippen molar-refractivity contribution >= 4 is 11.5 Å². The van der Waals surface area contributed by atoms with Crippen molar-refractivity contribution < 1.29 is 4.39 Å². The van der Waals surface area contributed by atoms with Gasteiger partial charge >= 0.3 is 0 Å². The molecule has 0 spiro atoms. The molecule has 1 aromatic carbocycles. The Morgan fingerprint density at radius 1 is 1.14 bits per heavy atom. The van der Waals surface area contributed by atoms with Gasteiger partial charge in [0.05, 0.1) is 6.04 Å². The molecule has 0 radical (unpaired) electrons. The fraction of sp³-hybridized carbons (Fsp3) is 0.333. The fourth-order valence-electron chi connectivity index (χ4n) is 2.80. The van der Waals surface area contributed by atoms with Crippen molar-refractivity contribution in [1.82, 2.24) is 25.3 Å². The molecular formula is C15H15FN6. The van der Waals surface area contributed by atoms with Gasteiger partial charge in [-0.3, -0.25) is 0 Å². The molecule has 7 heteroatoms. The molecule has 0 saturated heterocycles. The summed E-state index contributed by atoms with van der Waals surface area (Å²) in [5.74, 6) is 1.03. The molecule has 0 amide bonds. The summed E-state index contributed by atoms with van der Waals surface area (Å²) in [5, 5.41) is 19.0. The number of nitrogens with one attached hydrogen (secondary N) is 1. The first-order valence-corrected chi connectivity index (χ1v) is 7.37. The number of hydrogen-bond donors (Lipinski definition) is 1. The molecule has 1 aliphatic rings. The van der Waals surface area contributed by atoms with Crippen molar-refractivity contribution in [1.29, 1.82) is 0 Å². The van der Waals surface area contributed by atoms with Crippen LogP contribution in [0.1, 0.15) is 30.9 Å². The minimum atomic E-state index is -0.218. The van der Waals surface area contributed by atoms with Crippen LogP contribution in [0.2, 0.25) is 0 Å². The number of aromatic nitrogens is 5. The predicted octanol–water partition coefficient (Wildman–Crippen LogP) is 2.61. The fourth-order valence-corrected chi connectivity index (χ4v) is 2.80. The van der Waals surface area contributed by atoms with Gasteiger partial charge in [-0.1, -0.05) is 18.6 Å². The van der Waals surface area contributed by atoms with Gasteiger partial charge in [0.1, 0.15) is 11.6 Å². The summed E-state index contributed by atoms with van der Waals surface area (Å²) in [4.78, 5) is 0. The largest absolute Gasteiger partial charge is 0.361 e. The minimum absolute atomic E-state index is 0.121. The maximum atomic E-state index is 13.2. The van der Waals surface area contributed by atoms with Crippen LogP contribution in [0.25, 0.3) is 5.65 Å². The van der Waals surface area contributed by atoms with Crippen LogP contribution in [0.15, 0.2) is 36.4 Å². The van der Waals surface area contributed by atoms with E-state index in [-0.39, 0.29) is 11.9 Å². The molecule has 112 valence electrons. The Morgan fingerprint density at radius 2 is 1.95 bits per heavy atom. The second kappa shape index (κ2) is 5.32. The monoisotopic (exact) mass is 298 g/mol. The van der Waals surface area contributed by atoms with E-state index in [4.69, 9.17) is 0 Å². The maximum Gasteiger partial charge on any atom is 0.200 e. The van der Waals surface area contributed by atoms with E-state index >= 15 is 0 Å². The van der Waals surface area contributed by atoms with Crippen LogP contribution in [0.3, 0.4) is 0 Å². The summed E-state index contributed by atoms with van der Waals surface area (Å²) in [6.45, 7) is 0. The Morgan fingerprint density at radius 3 is 2.68 bits per heavy atom. The van der Waals surface area contributed by atoms with Crippen molar-refractivity contribution in [3.05, 3.63) is 47.8 Å². The standard InChI is InChI=1S/C15H15FN6/c16-12-6-4-11(5-7-12)15(10-2-1-3-10)17-13-8-9-14-18-20-21-22(14)19-13/h4-10,15H,1-3H2,(H,17,19)/t15-/m1/s1. The lowest BCUT2D eigenvalue weighted by molar-refractivity contribution is 0.276. The lowest BCUT2D eigenvalue weighted by Gasteiger charge is -2.35. The third kappa shape index (κ3) is 2.38. The molecule has 0 unspecified atom stereocenters. The van der Waals surface area contributed by atoms with Crippen LogP contribution >= 0.6 is 0 Å². The molecule has 0 aliphatic heterocycles. The van der Waals surface area contributed by atoms with E-state index in [1.165, 1.54) is 36.0 Å². The number of halogens is 1. The third-order valence-corrected chi connectivity index (χ3v) is 4.22. The molecule has 4 rings (SSSR count). The van der Waals surface area contributed by atoms with Gasteiger partial charge in [0, 0.05) is 0 Å².